The Labute approximate surface area is 94.5 Å². The molecular formula is C11H16N2O3. The molecule has 1 amide bonds. The maximum atomic E-state index is 11.3. The zero-order valence-corrected chi connectivity index (χ0v) is 9.47. The molecule has 1 saturated heterocycles. The first-order chi connectivity index (χ1) is 7.47. The average Bonchev–Trinajstić information content (AvgIpc) is 2.21. The van der Waals surface area contributed by atoms with Gasteiger partial charge in [0.1, 0.15) is 6.04 Å². The number of rotatable bonds is 4. The minimum atomic E-state index is -0.600. The van der Waals surface area contributed by atoms with Gasteiger partial charge in [-0.3, -0.25) is 4.79 Å². The SMILES string of the molecule is C=CC[C@@H]1[C@@H](N)C(=O)N1OC(=O)C=C(C)C. The van der Waals surface area contributed by atoms with E-state index in [1.54, 1.807) is 19.9 Å². The fourth-order valence-corrected chi connectivity index (χ4v) is 1.42. The van der Waals surface area contributed by atoms with E-state index in [9.17, 15) is 9.59 Å². The molecule has 0 aromatic heterocycles. The van der Waals surface area contributed by atoms with Gasteiger partial charge in [-0.05, 0) is 20.3 Å². The summed E-state index contributed by atoms with van der Waals surface area (Å²) in [6.45, 7) is 7.10. The van der Waals surface area contributed by atoms with Crippen LogP contribution in [0.15, 0.2) is 24.3 Å². The monoisotopic (exact) mass is 224 g/mol. The second-order valence-electron chi connectivity index (χ2n) is 3.91. The van der Waals surface area contributed by atoms with E-state index in [1.165, 1.54) is 6.08 Å². The van der Waals surface area contributed by atoms with Crippen molar-refractivity contribution >= 4 is 11.9 Å². The van der Waals surface area contributed by atoms with Gasteiger partial charge in [0, 0.05) is 6.08 Å². The van der Waals surface area contributed by atoms with Gasteiger partial charge in [-0.1, -0.05) is 11.6 Å². The fraction of sp³-hybridized carbons (Fsp3) is 0.455. The van der Waals surface area contributed by atoms with E-state index < -0.39 is 12.0 Å². The number of β-lactam (4-membered cyclic amide) rings is 1. The minimum absolute atomic E-state index is 0.292. The van der Waals surface area contributed by atoms with Crippen LogP contribution in [0.4, 0.5) is 0 Å². The van der Waals surface area contributed by atoms with Crippen molar-refractivity contribution in [3.63, 3.8) is 0 Å². The number of hydrogen-bond donors (Lipinski definition) is 1. The standard InChI is InChI=1S/C11H16N2O3/c1-4-5-8-10(12)11(15)13(8)16-9(14)6-7(2)3/h4,6,8,10H,1,5,12H2,2-3H3/t8-,10-/m1/s1. The number of nitrogens with zero attached hydrogens (tertiary/aromatic N) is 1. The molecule has 1 heterocycles. The predicted molar refractivity (Wildman–Crippen MR) is 58.9 cm³/mol. The number of allylic oxidation sites excluding steroid dienone is 1. The molecule has 0 aromatic rings. The molecule has 0 unspecified atom stereocenters. The van der Waals surface area contributed by atoms with Crippen LogP contribution < -0.4 is 5.73 Å². The van der Waals surface area contributed by atoms with E-state index in [2.05, 4.69) is 6.58 Å². The van der Waals surface area contributed by atoms with Gasteiger partial charge in [-0.2, -0.15) is 5.06 Å². The Morgan fingerprint density at radius 1 is 1.62 bits per heavy atom. The molecule has 1 aliphatic rings. The Bertz CT molecular complexity index is 345. The van der Waals surface area contributed by atoms with Crippen LogP contribution in [0.5, 0.6) is 0 Å². The highest BCUT2D eigenvalue weighted by Gasteiger charge is 2.47. The first-order valence-corrected chi connectivity index (χ1v) is 5.03. The second kappa shape index (κ2) is 4.94. The Hall–Kier alpha value is -1.62. The lowest BCUT2D eigenvalue weighted by atomic mass is 9.96. The first kappa shape index (κ1) is 12.4. The van der Waals surface area contributed by atoms with E-state index >= 15 is 0 Å². The molecular weight excluding hydrogens is 208 g/mol. The summed E-state index contributed by atoms with van der Waals surface area (Å²) >= 11 is 0. The summed E-state index contributed by atoms with van der Waals surface area (Å²) in [6.07, 6.45) is 3.47. The molecule has 5 nitrogen and oxygen atoms in total. The van der Waals surface area contributed by atoms with E-state index in [0.717, 1.165) is 10.6 Å². The summed E-state index contributed by atoms with van der Waals surface area (Å²) in [5.41, 5.74) is 6.38. The fourth-order valence-electron chi connectivity index (χ4n) is 1.42. The molecule has 0 radical (unpaired) electrons. The van der Waals surface area contributed by atoms with Gasteiger partial charge in [0.2, 0.25) is 0 Å². The first-order valence-electron chi connectivity index (χ1n) is 5.03. The van der Waals surface area contributed by atoms with Gasteiger partial charge in [0.05, 0.1) is 6.04 Å². The summed E-state index contributed by atoms with van der Waals surface area (Å²) < 4.78 is 0. The molecule has 0 aromatic carbocycles. The number of hydrogen-bond acceptors (Lipinski definition) is 4. The smallest absolute Gasteiger partial charge is 0.333 e. The lowest BCUT2D eigenvalue weighted by Gasteiger charge is -2.42. The van der Waals surface area contributed by atoms with Crippen LogP contribution in [0, 0.1) is 0 Å². The molecule has 2 atom stereocenters. The molecule has 0 aliphatic carbocycles. The Kier molecular flexibility index (Phi) is 3.84. The molecule has 2 N–H and O–H groups in total. The lowest BCUT2D eigenvalue weighted by molar-refractivity contribution is -0.226. The summed E-state index contributed by atoms with van der Waals surface area (Å²) in [7, 11) is 0. The predicted octanol–water partition coefficient (Wildman–Crippen LogP) is 0.525. The third-order valence-corrected chi connectivity index (χ3v) is 2.22. The normalized spacial score (nSPS) is 23.4. The van der Waals surface area contributed by atoms with Gasteiger partial charge in [-0.15, -0.1) is 6.58 Å². The second-order valence-corrected chi connectivity index (χ2v) is 3.91. The van der Waals surface area contributed by atoms with Crippen molar-refractivity contribution in [3.8, 4) is 0 Å². The maximum Gasteiger partial charge on any atom is 0.356 e. The van der Waals surface area contributed by atoms with Gasteiger partial charge in [0.15, 0.2) is 0 Å². The van der Waals surface area contributed by atoms with Crippen LogP contribution in [0.1, 0.15) is 20.3 Å². The largest absolute Gasteiger partial charge is 0.356 e. The van der Waals surface area contributed by atoms with Crippen LogP contribution in [0.25, 0.3) is 0 Å². The Balaban J connectivity index is 2.60. The van der Waals surface area contributed by atoms with Crippen molar-refractivity contribution in [3.05, 3.63) is 24.3 Å². The van der Waals surface area contributed by atoms with E-state index in [1.807, 2.05) is 0 Å². The zero-order chi connectivity index (χ0) is 12.3. The average molecular weight is 224 g/mol. The van der Waals surface area contributed by atoms with Crippen LogP contribution >= 0.6 is 0 Å². The molecule has 0 bridgehead atoms. The van der Waals surface area contributed by atoms with Crippen LogP contribution in [0.2, 0.25) is 0 Å². The third-order valence-electron chi connectivity index (χ3n) is 2.22. The van der Waals surface area contributed by atoms with Crippen molar-refractivity contribution in [2.45, 2.75) is 32.4 Å². The van der Waals surface area contributed by atoms with Gasteiger partial charge < -0.3 is 10.6 Å². The summed E-state index contributed by atoms with van der Waals surface area (Å²) in [5.74, 6) is -0.934. The zero-order valence-electron chi connectivity index (χ0n) is 9.47. The summed E-state index contributed by atoms with van der Waals surface area (Å²) in [5, 5.41) is 1.02. The molecule has 1 fully saturated rings. The van der Waals surface area contributed by atoms with E-state index in [-0.39, 0.29) is 11.9 Å². The lowest BCUT2D eigenvalue weighted by Crippen LogP contribution is -2.68. The Morgan fingerprint density at radius 3 is 2.75 bits per heavy atom. The van der Waals surface area contributed by atoms with Gasteiger partial charge >= 0.3 is 5.97 Å². The summed E-state index contributed by atoms with van der Waals surface area (Å²) in [4.78, 5) is 27.5. The number of nitrogens with two attached hydrogens (primary N) is 1. The molecule has 0 spiro atoms. The highest BCUT2D eigenvalue weighted by molar-refractivity contribution is 5.91. The highest BCUT2D eigenvalue weighted by atomic mass is 16.7. The van der Waals surface area contributed by atoms with Crippen molar-refractivity contribution in [1.82, 2.24) is 5.06 Å². The van der Waals surface area contributed by atoms with Crippen molar-refractivity contribution in [1.29, 1.82) is 0 Å². The third kappa shape index (κ3) is 2.49. The molecule has 5 heteroatoms. The van der Waals surface area contributed by atoms with Crippen molar-refractivity contribution in [2.24, 2.45) is 5.73 Å². The van der Waals surface area contributed by atoms with Crippen LogP contribution in [0.3, 0.4) is 0 Å². The number of hydroxylamine groups is 2. The highest BCUT2D eigenvalue weighted by Crippen LogP contribution is 2.22. The molecule has 1 rings (SSSR count). The number of amides is 1. The topological polar surface area (TPSA) is 72.6 Å². The van der Waals surface area contributed by atoms with Crippen LogP contribution in [-0.2, 0) is 14.4 Å². The molecule has 16 heavy (non-hydrogen) atoms. The van der Waals surface area contributed by atoms with E-state index in [0.29, 0.717) is 6.42 Å². The summed E-state index contributed by atoms with van der Waals surface area (Å²) in [6, 6.07) is -0.892. The van der Waals surface area contributed by atoms with E-state index in [4.69, 9.17) is 10.6 Å². The quantitative estimate of drug-likeness (QED) is 0.429. The molecule has 88 valence electrons. The Morgan fingerprint density at radius 2 is 2.25 bits per heavy atom. The van der Waals surface area contributed by atoms with Crippen molar-refractivity contribution in [2.75, 3.05) is 0 Å². The van der Waals surface area contributed by atoms with Crippen LogP contribution in [-0.4, -0.2) is 29.0 Å². The molecule has 0 saturated carbocycles. The minimum Gasteiger partial charge on any atom is -0.333 e. The maximum absolute atomic E-state index is 11.3. The van der Waals surface area contributed by atoms with Crippen molar-refractivity contribution < 1.29 is 14.4 Å². The number of carbonyl (C=O) groups is 2. The van der Waals surface area contributed by atoms with Gasteiger partial charge in [0.25, 0.3) is 5.91 Å². The molecule has 1 aliphatic heterocycles. The van der Waals surface area contributed by atoms with Gasteiger partial charge in [-0.25, -0.2) is 4.79 Å². The number of carbonyl (C=O) groups excluding carboxylic acids is 2.